The van der Waals surface area contributed by atoms with Gasteiger partial charge < -0.3 is 10.6 Å². The third-order valence-corrected chi connectivity index (χ3v) is 4.18. The van der Waals surface area contributed by atoms with Crippen LogP contribution >= 0.6 is 11.6 Å². The smallest absolute Gasteiger partial charge is 0.233 e. The van der Waals surface area contributed by atoms with Gasteiger partial charge in [0.2, 0.25) is 11.8 Å². The minimum Gasteiger partial charge on any atom is -0.355 e. The Bertz CT molecular complexity index is 611. The Kier molecular flexibility index (Phi) is 6.66. The average molecular weight is 335 g/mol. The molecule has 1 aromatic carbocycles. The number of anilines is 1. The summed E-state index contributed by atoms with van der Waals surface area (Å²) in [6.45, 7) is 2.47. The van der Waals surface area contributed by atoms with Gasteiger partial charge in [-0.3, -0.25) is 9.59 Å². The number of carbonyl (C=O) groups is 2. The van der Waals surface area contributed by atoms with E-state index >= 15 is 0 Å². The third-order valence-electron chi connectivity index (χ3n) is 3.95. The molecular weight excluding hydrogens is 312 g/mol. The molecule has 1 aliphatic carbocycles. The Hall–Kier alpha value is -1.81. The summed E-state index contributed by atoms with van der Waals surface area (Å²) in [4.78, 5) is 23.7. The van der Waals surface area contributed by atoms with Crippen LogP contribution in [0, 0.1) is 6.92 Å². The fourth-order valence-electron chi connectivity index (χ4n) is 2.63. The van der Waals surface area contributed by atoms with Crippen molar-refractivity contribution in [1.82, 2.24) is 5.32 Å². The summed E-state index contributed by atoms with van der Waals surface area (Å²) in [6.07, 6.45) is 7.74. The summed E-state index contributed by atoms with van der Waals surface area (Å²) >= 11 is 5.91. The van der Waals surface area contributed by atoms with Crippen LogP contribution in [-0.4, -0.2) is 18.4 Å². The van der Waals surface area contributed by atoms with Gasteiger partial charge in [0.15, 0.2) is 0 Å². The Balaban J connectivity index is 1.73. The number of benzene rings is 1. The van der Waals surface area contributed by atoms with Gasteiger partial charge in [-0.25, -0.2) is 0 Å². The van der Waals surface area contributed by atoms with E-state index in [4.69, 9.17) is 11.6 Å². The summed E-state index contributed by atoms with van der Waals surface area (Å²) in [6, 6.07) is 5.28. The van der Waals surface area contributed by atoms with Crippen LogP contribution in [0.3, 0.4) is 0 Å². The molecule has 0 saturated heterocycles. The van der Waals surface area contributed by atoms with E-state index in [1.165, 1.54) is 18.4 Å². The summed E-state index contributed by atoms with van der Waals surface area (Å²) in [5, 5.41) is 6.08. The first-order valence-corrected chi connectivity index (χ1v) is 8.43. The normalized spacial score (nSPS) is 14.1. The van der Waals surface area contributed by atoms with Crippen molar-refractivity contribution in [3.63, 3.8) is 0 Å². The van der Waals surface area contributed by atoms with Gasteiger partial charge in [0, 0.05) is 17.3 Å². The van der Waals surface area contributed by atoms with Gasteiger partial charge in [-0.15, -0.1) is 0 Å². The lowest BCUT2D eigenvalue weighted by molar-refractivity contribution is -0.126. The summed E-state index contributed by atoms with van der Waals surface area (Å²) < 4.78 is 0. The van der Waals surface area contributed by atoms with Crippen molar-refractivity contribution >= 4 is 29.1 Å². The molecule has 23 heavy (non-hydrogen) atoms. The maximum absolute atomic E-state index is 11.9. The van der Waals surface area contributed by atoms with Crippen molar-refractivity contribution in [3.05, 3.63) is 40.4 Å². The number of carbonyl (C=O) groups excluding carboxylic acids is 2. The lowest BCUT2D eigenvalue weighted by Gasteiger charge is -2.13. The number of halogens is 1. The largest absolute Gasteiger partial charge is 0.355 e. The first-order valence-electron chi connectivity index (χ1n) is 8.05. The predicted octanol–water partition coefficient (Wildman–Crippen LogP) is 3.98. The predicted molar refractivity (Wildman–Crippen MR) is 93.6 cm³/mol. The van der Waals surface area contributed by atoms with E-state index in [-0.39, 0.29) is 18.2 Å². The van der Waals surface area contributed by atoms with Gasteiger partial charge >= 0.3 is 0 Å². The van der Waals surface area contributed by atoms with E-state index in [1.807, 2.05) is 13.0 Å². The summed E-state index contributed by atoms with van der Waals surface area (Å²) in [7, 11) is 0. The highest BCUT2D eigenvalue weighted by Crippen LogP contribution is 2.20. The molecule has 1 aliphatic rings. The van der Waals surface area contributed by atoms with Gasteiger partial charge in [0.25, 0.3) is 0 Å². The molecule has 0 aromatic heterocycles. The lowest BCUT2D eigenvalue weighted by Crippen LogP contribution is -2.29. The molecule has 0 unspecified atom stereocenters. The Morgan fingerprint density at radius 2 is 2.04 bits per heavy atom. The van der Waals surface area contributed by atoms with Crippen LogP contribution in [-0.2, 0) is 9.59 Å². The highest BCUT2D eigenvalue weighted by Gasteiger charge is 2.11. The van der Waals surface area contributed by atoms with Crippen LogP contribution < -0.4 is 10.6 Å². The molecule has 2 rings (SSSR count). The third kappa shape index (κ3) is 6.06. The number of allylic oxidation sites excluding steroid dienone is 1. The molecule has 1 aromatic rings. The van der Waals surface area contributed by atoms with Crippen LogP contribution in [0.15, 0.2) is 29.8 Å². The van der Waals surface area contributed by atoms with Gasteiger partial charge in [-0.1, -0.05) is 29.3 Å². The topological polar surface area (TPSA) is 58.2 Å². The van der Waals surface area contributed by atoms with Gasteiger partial charge in [0.1, 0.15) is 6.42 Å². The standard InChI is InChI=1S/C18H23ClN2O2/c1-13-7-8-15(19)11-16(13)21-18(23)12-17(22)20-10-9-14-5-3-2-4-6-14/h5,7-8,11H,2-4,6,9-10,12H2,1H3,(H,20,22)(H,21,23). The van der Waals surface area contributed by atoms with Crippen LogP contribution in [0.2, 0.25) is 5.02 Å². The van der Waals surface area contributed by atoms with Crippen molar-refractivity contribution in [3.8, 4) is 0 Å². The van der Waals surface area contributed by atoms with E-state index in [1.54, 1.807) is 12.1 Å². The van der Waals surface area contributed by atoms with Crippen molar-refractivity contribution in [2.24, 2.45) is 0 Å². The Morgan fingerprint density at radius 3 is 2.78 bits per heavy atom. The van der Waals surface area contributed by atoms with Crippen molar-refractivity contribution in [1.29, 1.82) is 0 Å². The average Bonchev–Trinajstić information content (AvgIpc) is 2.52. The van der Waals surface area contributed by atoms with Crippen LogP contribution in [0.4, 0.5) is 5.69 Å². The fraction of sp³-hybridized carbons (Fsp3) is 0.444. The maximum atomic E-state index is 11.9. The second-order valence-corrected chi connectivity index (χ2v) is 6.33. The van der Waals surface area contributed by atoms with E-state index in [2.05, 4.69) is 16.7 Å². The molecule has 2 N–H and O–H groups in total. The number of hydrogen-bond acceptors (Lipinski definition) is 2. The van der Waals surface area contributed by atoms with E-state index in [0.717, 1.165) is 24.8 Å². The van der Waals surface area contributed by atoms with E-state index < -0.39 is 0 Å². The molecule has 0 heterocycles. The Labute approximate surface area is 142 Å². The minimum absolute atomic E-state index is 0.176. The monoisotopic (exact) mass is 334 g/mol. The van der Waals surface area contributed by atoms with Crippen LogP contribution in [0.5, 0.6) is 0 Å². The molecule has 5 heteroatoms. The number of nitrogens with one attached hydrogen (secondary N) is 2. The van der Waals surface area contributed by atoms with Crippen molar-refractivity contribution in [2.45, 2.75) is 45.4 Å². The summed E-state index contributed by atoms with van der Waals surface area (Å²) in [5.41, 5.74) is 2.96. The fourth-order valence-corrected chi connectivity index (χ4v) is 2.80. The first kappa shape index (κ1) is 17.5. The van der Waals surface area contributed by atoms with Crippen LogP contribution in [0.25, 0.3) is 0 Å². The second kappa shape index (κ2) is 8.73. The van der Waals surface area contributed by atoms with E-state index in [0.29, 0.717) is 17.3 Å². The molecule has 0 fully saturated rings. The zero-order valence-corrected chi connectivity index (χ0v) is 14.2. The number of rotatable bonds is 6. The zero-order valence-electron chi connectivity index (χ0n) is 13.5. The zero-order chi connectivity index (χ0) is 16.7. The van der Waals surface area contributed by atoms with Gasteiger partial charge in [0.05, 0.1) is 0 Å². The highest BCUT2D eigenvalue weighted by molar-refractivity contribution is 6.31. The maximum Gasteiger partial charge on any atom is 0.233 e. The molecule has 124 valence electrons. The molecule has 0 radical (unpaired) electrons. The summed E-state index contributed by atoms with van der Waals surface area (Å²) in [5.74, 6) is -0.580. The number of amides is 2. The van der Waals surface area contributed by atoms with Gasteiger partial charge in [-0.05, 0) is 56.7 Å². The Morgan fingerprint density at radius 1 is 1.22 bits per heavy atom. The SMILES string of the molecule is Cc1ccc(Cl)cc1NC(=O)CC(=O)NCCC1=CCCCC1. The second-order valence-electron chi connectivity index (χ2n) is 5.89. The molecule has 2 amide bonds. The number of hydrogen-bond donors (Lipinski definition) is 2. The van der Waals surface area contributed by atoms with Gasteiger partial charge in [-0.2, -0.15) is 0 Å². The quantitative estimate of drug-likeness (QED) is 0.610. The van der Waals surface area contributed by atoms with Crippen molar-refractivity contribution < 1.29 is 9.59 Å². The first-order chi connectivity index (χ1) is 11.0. The van der Waals surface area contributed by atoms with Crippen LogP contribution in [0.1, 0.15) is 44.1 Å². The number of aryl methyl sites for hydroxylation is 1. The highest BCUT2D eigenvalue weighted by atomic mass is 35.5. The molecule has 0 bridgehead atoms. The molecule has 4 nitrogen and oxygen atoms in total. The van der Waals surface area contributed by atoms with Crippen molar-refractivity contribution in [2.75, 3.05) is 11.9 Å². The molecule has 0 saturated carbocycles. The van der Waals surface area contributed by atoms with E-state index in [9.17, 15) is 9.59 Å². The molecule has 0 spiro atoms. The molecule has 0 aliphatic heterocycles. The minimum atomic E-state index is -0.329. The molecule has 0 atom stereocenters. The lowest BCUT2D eigenvalue weighted by atomic mass is 9.97. The molecular formula is C18H23ClN2O2.